The van der Waals surface area contributed by atoms with Crippen molar-refractivity contribution in [3.63, 3.8) is 0 Å². The van der Waals surface area contributed by atoms with E-state index in [1.807, 2.05) is 6.07 Å². The summed E-state index contributed by atoms with van der Waals surface area (Å²) in [5.74, 6) is -0.622. The number of urea groups is 1. The number of para-hydroxylation sites is 1. The monoisotopic (exact) mass is 311 g/mol. The van der Waals surface area contributed by atoms with Gasteiger partial charge in [-0.1, -0.05) is 18.2 Å². The van der Waals surface area contributed by atoms with Crippen molar-refractivity contribution in [3.8, 4) is 0 Å². The summed E-state index contributed by atoms with van der Waals surface area (Å²) in [7, 11) is 1.75. The van der Waals surface area contributed by atoms with Gasteiger partial charge in [-0.15, -0.1) is 0 Å². The maximum atomic E-state index is 12.6. The third-order valence-electron chi connectivity index (χ3n) is 4.01. The zero-order valence-electron chi connectivity index (χ0n) is 13.0. The minimum absolute atomic E-state index is 0.247. The Morgan fingerprint density at radius 3 is 2.39 bits per heavy atom. The van der Waals surface area contributed by atoms with Crippen LogP contribution in [0.3, 0.4) is 0 Å². The number of imide groups is 1. The van der Waals surface area contributed by atoms with Crippen LogP contribution in [0.5, 0.6) is 0 Å². The van der Waals surface area contributed by atoms with Crippen LogP contribution in [-0.2, 0) is 11.8 Å². The van der Waals surface area contributed by atoms with Gasteiger partial charge in [0.15, 0.2) is 5.78 Å². The summed E-state index contributed by atoms with van der Waals surface area (Å²) in [5.41, 5.74) is 1.11. The molecule has 0 unspecified atom stereocenters. The second-order valence-electron chi connectivity index (χ2n) is 5.52. The molecule has 2 aromatic rings. The van der Waals surface area contributed by atoms with Crippen LogP contribution >= 0.6 is 0 Å². The lowest BCUT2D eigenvalue weighted by molar-refractivity contribution is -0.126. The smallest absolute Gasteiger partial charge is 0.332 e. The van der Waals surface area contributed by atoms with Crippen molar-refractivity contribution < 1.29 is 14.4 Å². The summed E-state index contributed by atoms with van der Waals surface area (Å²) < 4.78 is 1.67. The summed E-state index contributed by atoms with van der Waals surface area (Å²) in [6.07, 6.45) is 1.75. The Bertz CT molecular complexity index is 766. The molecule has 1 aromatic carbocycles. The number of anilines is 1. The number of carbonyl (C=O) groups excluding carboxylic acids is 3. The van der Waals surface area contributed by atoms with Crippen LogP contribution in [0.15, 0.2) is 48.7 Å². The van der Waals surface area contributed by atoms with E-state index in [0.717, 1.165) is 4.90 Å². The Kier molecular flexibility index (Phi) is 3.73. The van der Waals surface area contributed by atoms with Gasteiger partial charge in [0.2, 0.25) is 0 Å². The van der Waals surface area contributed by atoms with Gasteiger partial charge in [0, 0.05) is 18.9 Å². The maximum absolute atomic E-state index is 12.6. The van der Waals surface area contributed by atoms with Crippen LogP contribution in [0.25, 0.3) is 0 Å². The fourth-order valence-electron chi connectivity index (χ4n) is 2.77. The first-order chi connectivity index (χ1) is 11.0. The first kappa shape index (κ1) is 15.0. The van der Waals surface area contributed by atoms with Crippen LogP contribution in [0.2, 0.25) is 0 Å². The molecule has 1 aromatic heterocycles. The molecule has 1 atom stereocenters. The number of hydrogen-bond acceptors (Lipinski definition) is 3. The predicted molar refractivity (Wildman–Crippen MR) is 85.2 cm³/mol. The largest absolute Gasteiger partial charge is 0.348 e. The Balaban J connectivity index is 1.84. The summed E-state index contributed by atoms with van der Waals surface area (Å²) >= 11 is 0. The standard InChI is InChI=1S/C17H17N3O3/c1-12-16(22)19(11-15(21)14-9-6-10-18(14)2)17(23)20(12)13-7-4-3-5-8-13/h3-10,12H,11H2,1-2H3/t12-/m0/s1. The van der Waals surface area contributed by atoms with E-state index >= 15 is 0 Å². The summed E-state index contributed by atoms with van der Waals surface area (Å²) in [6, 6.07) is 11.3. The quantitative estimate of drug-likeness (QED) is 0.641. The van der Waals surface area contributed by atoms with Crippen molar-refractivity contribution in [2.75, 3.05) is 11.4 Å². The lowest BCUT2D eigenvalue weighted by Crippen LogP contribution is -2.37. The van der Waals surface area contributed by atoms with Gasteiger partial charge >= 0.3 is 6.03 Å². The second-order valence-corrected chi connectivity index (χ2v) is 5.52. The second kappa shape index (κ2) is 5.72. The van der Waals surface area contributed by atoms with Gasteiger partial charge in [0.25, 0.3) is 5.91 Å². The maximum Gasteiger partial charge on any atom is 0.332 e. The lowest BCUT2D eigenvalue weighted by Gasteiger charge is -2.19. The average Bonchev–Trinajstić information content (AvgIpc) is 3.06. The fraction of sp³-hybridized carbons (Fsp3) is 0.235. The van der Waals surface area contributed by atoms with E-state index in [1.165, 1.54) is 4.90 Å². The molecular weight excluding hydrogens is 294 g/mol. The average molecular weight is 311 g/mol. The van der Waals surface area contributed by atoms with Crippen molar-refractivity contribution in [3.05, 3.63) is 54.4 Å². The van der Waals surface area contributed by atoms with E-state index in [0.29, 0.717) is 11.4 Å². The molecule has 2 heterocycles. The number of benzene rings is 1. The highest BCUT2D eigenvalue weighted by Crippen LogP contribution is 2.25. The van der Waals surface area contributed by atoms with E-state index in [9.17, 15) is 14.4 Å². The first-order valence-electron chi connectivity index (χ1n) is 7.35. The molecule has 1 aliphatic heterocycles. The molecular formula is C17H17N3O3. The summed E-state index contributed by atoms with van der Waals surface area (Å²) in [6.45, 7) is 1.42. The first-order valence-corrected chi connectivity index (χ1v) is 7.35. The van der Waals surface area contributed by atoms with Gasteiger partial charge in [-0.05, 0) is 31.2 Å². The SMILES string of the molecule is C[C@H]1C(=O)N(CC(=O)c2cccn2C)C(=O)N1c1ccccc1. The third kappa shape index (κ3) is 2.52. The zero-order chi connectivity index (χ0) is 16.6. The topological polar surface area (TPSA) is 62.6 Å². The number of Topliss-reactive ketones (excluding diaryl/α,β-unsaturated/α-hetero) is 1. The van der Waals surface area contributed by atoms with E-state index < -0.39 is 12.1 Å². The van der Waals surface area contributed by atoms with E-state index in [-0.39, 0.29) is 18.2 Å². The summed E-state index contributed by atoms with van der Waals surface area (Å²) in [5, 5.41) is 0. The van der Waals surface area contributed by atoms with Gasteiger partial charge in [0.05, 0.1) is 12.2 Å². The minimum Gasteiger partial charge on any atom is -0.348 e. The van der Waals surface area contributed by atoms with E-state index in [2.05, 4.69) is 0 Å². The zero-order valence-corrected chi connectivity index (χ0v) is 13.0. The molecule has 3 amide bonds. The molecule has 0 spiro atoms. The Labute approximate surface area is 133 Å². The van der Waals surface area contributed by atoms with E-state index in [4.69, 9.17) is 0 Å². The van der Waals surface area contributed by atoms with Crippen molar-refractivity contribution in [1.29, 1.82) is 0 Å². The van der Waals surface area contributed by atoms with Crippen LogP contribution in [0, 0.1) is 0 Å². The minimum atomic E-state index is -0.619. The van der Waals surface area contributed by atoms with Crippen LogP contribution in [-0.4, -0.2) is 39.8 Å². The third-order valence-corrected chi connectivity index (χ3v) is 4.01. The predicted octanol–water partition coefficient (Wildman–Crippen LogP) is 2.07. The number of rotatable bonds is 4. The highest BCUT2D eigenvalue weighted by Gasteiger charge is 2.44. The van der Waals surface area contributed by atoms with Gasteiger partial charge in [-0.25, -0.2) is 4.79 Å². The van der Waals surface area contributed by atoms with Crippen molar-refractivity contribution >= 4 is 23.4 Å². The Hall–Kier alpha value is -2.89. The van der Waals surface area contributed by atoms with Crippen molar-refractivity contribution in [2.24, 2.45) is 7.05 Å². The number of amides is 3. The van der Waals surface area contributed by atoms with Gasteiger partial charge < -0.3 is 4.57 Å². The molecule has 1 saturated heterocycles. The normalized spacial score (nSPS) is 17.9. The molecule has 3 rings (SSSR count). The Morgan fingerprint density at radius 1 is 1.09 bits per heavy atom. The number of ketones is 1. The van der Waals surface area contributed by atoms with Crippen molar-refractivity contribution in [2.45, 2.75) is 13.0 Å². The highest BCUT2D eigenvalue weighted by molar-refractivity contribution is 6.16. The molecule has 23 heavy (non-hydrogen) atoms. The summed E-state index contributed by atoms with van der Waals surface area (Å²) in [4.78, 5) is 39.8. The molecule has 0 bridgehead atoms. The number of hydrogen-bond donors (Lipinski definition) is 0. The van der Waals surface area contributed by atoms with Gasteiger partial charge in [0.1, 0.15) is 6.04 Å². The molecule has 0 aliphatic carbocycles. The van der Waals surface area contributed by atoms with Crippen LogP contribution in [0.1, 0.15) is 17.4 Å². The Morgan fingerprint density at radius 2 is 1.78 bits per heavy atom. The van der Waals surface area contributed by atoms with Crippen LogP contribution in [0.4, 0.5) is 10.5 Å². The highest BCUT2D eigenvalue weighted by atomic mass is 16.2. The number of aromatic nitrogens is 1. The number of aryl methyl sites for hydroxylation is 1. The van der Waals surface area contributed by atoms with Gasteiger partial charge in [-0.3, -0.25) is 19.4 Å². The van der Waals surface area contributed by atoms with Gasteiger partial charge in [-0.2, -0.15) is 0 Å². The molecule has 1 fully saturated rings. The molecule has 118 valence electrons. The van der Waals surface area contributed by atoms with Crippen LogP contribution < -0.4 is 4.90 Å². The molecule has 1 aliphatic rings. The molecule has 6 heteroatoms. The molecule has 6 nitrogen and oxygen atoms in total. The lowest BCUT2D eigenvalue weighted by atomic mass is 10.2. The van der Waals surface area contributed by atoms with Crippen molar-refractivity contribution in [1.82, 2.24) is 9.47 Å². The number of carbonyl (C=O) groups is 3. The molecule has 0 radical (unpaired) electrons. The fourth-order valence-corrected chi connectivity index (χ4v) is 2.77. The van der Waals surface area contributed by atoms with E-state index in [1.54, 1.807) is 61.1 Å². The molecule has 0 saturated carbocycles. The number of nitrogens with zero attached hydrogens (tertiary/aromatic N) is 3. The molecule has 0 N–H and O–H groups in total.